The second-order valence-corrected chi connectivity index (χ2v) is 11.9. The second-order valence-electron chi connectivity index (χ2n) is 11.9. The van der Waals surface area contributed by atoms with E-state index in [9.17, 15) is 18.7 Å². The average molecular weight is 551 g/mol. The lowest BCUT2D eigenvalue weighted by molar-refractivity contribution is 0.101. The molecule has 1 amide bonds. The van der Waals surface area contributed by atoms with Crippen LogP contribution in [0.1, 0.15) is 69.6 Å². The SMILES string of the molecule is CC(C)(C)c1cccc(C2(NCC(O)C(Cc3cc(F)cc(F)c3)NC(=O)Oc3ccccc3)CCCCC2)c1. The molecule has 4 rings (SSSR count). The summed E-state index contributed by atoms with van der Waals surface area (Å²) in [6.07, 6.45) is 3.36. The average Bonchev–Trinajstić information content (AvgIpc) is 2.91. The predicted octanol–water partition coefficient (Wildman–Crippen LogP) is 6.77. The molecule has 2 atom stereocenters. The first kappa shape index (κ1) is 29.7. The number of para-hydroxylation sites is 1. The van der Waals surface area contributed by atoms with Gasteiger partial charge in [-0.2, -0.15) is 0 Å². The molecule has 1 fully saturated rings. The van der Waals surface area contributed by atoms with Crippen LogP contribution in [0.3, 0.4) is 0 Å². The van der Waals surface area contributed by atoms with Crippen molar-refractivity contribution in [1.29, 1.82) is 0 Å². The number of amides is 1. The highest BCUT2D eigenvalue weighted by Gasteiger charge is 2.35. The van der Waals surface area contributed by atoms with Crippen molar-refractivity contribution in [1.82, 2.24) is 10.6 Å². The van der Waals surface area contributed by atoms with Crippen LogP contribution < -0.4 is 15.4 Å². The van der Waals surface area contributed by atoms with Crippen LogP contribution in [0.5, 0.6) is 5.75 Å². The van der Waals surface area contributed by atoms with Gasteiger partial charge in [0.05, 0.1) is 12.1 Å². The molecule has 1 aliphatic rings. The minimum absolute atomic E-state index is 0.000256. The third-order valence-corrected chi connectivity index (χ3v) is 7.74. The maximum Gasteiger partial charge on any atom is 0.412 e. The van der Waals surface area contributed by atoms with Crippen LogP contribution in [0.4, 0.5) is 13.6 Å². The van der Waals surface area contributed by atoms with Gasteiger partial charge in [-0.25, -0.2) is 13.6 Å². The first-order valence-corrected chi connectivity index (χ1v) is 14.1. The molecule has 0 spiro atoms. The number of benzene rings is 3. The quantitative estimate of drug-likeness (QED) is 0.275. The number of halogens is 2. The van der Waals surface area contributed by atoms with Crippen LogP contribution in [0.25, 0.3) is 0 Å². The van der Waals surface area contributed by atoms with Gasteiger partial charge in [0, 0.05) is 18.2 Å². The van der Waals surface area contributed by atoms with Crippen LogP contribution in [0.2, 0.25) is 0 Å². The molecule has 5 nitrogen and oxygen atoms in total. The summed E-state index contributed by atoms with van der Waals surface area (Å²) >= 11 is 0. The molecule has 0 heterocycles. The van der Waals surface area contributed by atoms with E-state index < -0.39 is 29.9 Å². The topological polar surface area (TPSA) is 70.6 Å². The number of nitrogens with one attached hydrogen (secondary N) is 2. The van der Waals surface area contributed by atoms with E-state index >= 15 is 0 Å². The third kappa shape index (κ3) is 7.89. The van der Waals surface area contributed by atoms with Gasteiger partial charge in [-0.3, -0.25) is 0 Å². The van der Waals surface area contributed by atoms with Gasteiger partial charge in [0.25, 0.3) is 0 Å². The molecule has 2 unspecified atom stereocenters. The molecule has 0 radical (unpaired) electrons. The first-order valence-electron chi connectivity index (χ1n) is 14.1. The Morgan fingerprint density at radius 3 is 2.27 bits per heavy atom. The molecule has 0 bridgehead atoms. The van der Waals surface area contributed by atoms with E-state index in [2.05, 4.69) is 55.7 Å². The first-order chi connectivity index (χ1) is 19.0. The van der Waals surface area contributed by atoms with Crippen molar-refractivity contribution in [3.63, 3.8) is 0 Å². The maximum atomic E-state index is 13.9. The van der Waals surface area contributed by atoms with E-state index in [1.165, 1.54) is 23.3 Å². The van der Waals surface area contributed by atoms with E-state index in [4.69, 9.17) is 4.74 Å². The fraction of sp³-hybridized carbons (Fsp3) is 0.424. The van der Waals surface area contributed by atoms with Crippen molar-refractivity contribution in [3.8, 4) is 5.75 Å². The Morgan fingerprint density at radius 1 is 0.950 bits per heavy atom. The van der Waals surface area contributed by atoms with Gasteiger partial charge in [-0.05, 0) is 65.6 Å². The van der Waals surface area contributed by atoms with Crippen LogP contribution in [-0.2, 0) is 17.4 Å². The van der Waals surface area contributed by atoms with Gasteiger partial charge >= 0.3 is 6.09 Å². The zero-order valence-corrected chi connectivity index (χ0v) is 23.6. The lowest BCUT2D eigenvalue weighted by atomic mass is 9.74. The van der Waals surface area contributed by atoms with Gasteiger partial charge in [0.15, 0.2) is 0 Å². The Labute approximate surface area is 236 Å². The van der Waals surface area contributed by atoms with Crippen molar-refractivity contribution < 1.29 is 23.4 Å². The number of aliphatic hydroxyl groups is 1. The van der Waals surface area contributed by atoms with E-state index in [0.717, 1.165) is 38.2 Å². The maximum absolute atomic E-state index is 13.9. The second kappa shape index (κ2) is 12.9. The largest absolute Gasteiger partial charge is 0.412 e. The molecule has 3 N–H and O–H groups in total. The van der Waals surface area contributed by atoms with Crippen molar-refractivity contribution in [2.75, 3.05) is 6.54 Å². The highest BCUT2D eigenvalue weighted by atomic mass is 19.1. The molecule has 214 valence electrons. The Bertz CT molecular complexity index is 1250. The lowest BCUT2D eigenvalue weighted by Gasteiger charge is -2.41. The van der Waals surface area contributed by atoms with Crippen LogP contribution in [-0.4, -0.2) is 29.9 Å². The standard InChI is InChI=1S/C33H40F2N2O3/c1-32(2,3)24-11-10-12-25(20-24)33(15-8-5-9-16-33)36-22-30(38)29(19-23-17-26(34)21-27(35)18-23)37-31(39)40-28-13-6-4-7-14-28/h4,6-7,10-14,17-18,20-21,29-30,36,38H,5,8-9,15-16,19,22H2,1-3H3,(H,37,39). The van der Waals surface area contributed by atoms with E-state index in [1.807, 2.05) is 0 Å². The summed E-state index contributed by atoms with van der Waals surface area (Å²) < 4.78 is 33.3. The fourth-order valence-corrected chi connectivity index (χ4v) is 5.49. The molecule has 0 aromatic heterocycles. The summed E-state index contributed by atoms with van der Waals surface area (Å²) in [4.78, 5) is 12.8. The van der Waals surface area contributed by atoms with Crippen LogP contribution >= 0.6 is 0 Å². The number of carbonyl (C=O) groups excluding carboxylic acids is 1. The normalized spacial score (nSPS) is 16.6. The molecular formula is C33H40F2N2O3. The summed E-state index contributed by atoms with van der Waals surface area (Å²) in [5.41, 5.74) is 2.44. The van der Waals surface area contributed by atoms with Crippen molar-refractivity contribution in [2.24, 2.45) is 0 Å². The number of carbonyl (C=O) groups is 1. The molecule has 3 aromatic carbocycles. The summed E-state index contributed by atoms with van der Waals surface area (Å²) in [5, 5.41) is 17.8. The van der Waals surface area contributed by atoms with Crippen molar-refractivity contribution >= 4 is 6.09 Å². The fourth-order valence-electron chi connectivity index (χ4n) is 5.49. The van der Waals surface area contributed by atoms with Gasteiger partial charge in [0.1, 0.15) is 17.4 Å². The summed E-state index contributed by atoms with van der Waals surface area (Å²) in [6, 6.07) is 19.6. The Morgan fingerprint density at radius 2 is 1.62 bits per heavy atom. The minimum atomic E-state index is -1.06. The van der Waals surface area contributed by atoms with E-state index in [1.54, 1.807) is 30.3 Å². The van der Waals surface area contributed by atoms with Crippen molar-refractivity contribution in [3.05, 3.63) is 101 Å². The van der Waals surface area contributed by atoms with Gasteiger partial charge in [-0.15, -0.1) is 0 Å². The molecule has 1 aliphatic carbocycles. The molecule has 0 saturated heterocycles. The molecular weight excluding hydrogens is 510 g/mol. The number of ether oxygens (including phenoxy) is 1. The van der Waals surface area contributed by atoms with E-state index in [0.29, 0.717) is 11.3 Å². The third-order valence-electron chi connectivity index (χ3n) is 7.74. The smallest absolute Gasteiger partial charge is 0.410 e. The van der Waals surface area contributed by atoms with Gasteiger partial charge in [-0.1, -0.05) is 82.5 Å². The highest BCUT2D eigenvalue weighted by molar-refractivity contribution is 5.70. The summed E-state index contributed by atoms with van der Waals surface area (Å²) in [6.45, 7) is 6.75. The molecule has 1 saturated carbocycles. The molecule has 0 aliphatic heterocycles. The van der Waals surface area contributed by atoms with Crippen LogP contribution in [0.15, 0.2) is 72.8 Å². The predicted molar refractivity (Wildman–Crippen MR) is 153 cm³/mol. The molecule has 40 heavy (non-hydrogen) atoms. The number of aliphatic hydroxyl groups excluding tert-OH is 1. The molecule has 7 heteroatoms. The number of hydrogen-bond acceptors (Lipinski definition) is 4. The number of rotatable bonds is 9. The Kier molecular flexibility index (Phi) is 9.59. The van der Waals surface area contributed by atoms with Crippen molar-refractivity contribution in [2.45, 2.75) is 82.4 Å². The van der Waals surface area contributed by atoms with E-state index in [-0.39, 0.29) is 23.9 Å². The summed E-state index contributed by atoms with van der Waals surface area (Å²) in [5.74, 6) is -1.08. The Balaban J connectivity index is 1.54. The lowest BCUT2D eigenvalue weighted by Crippen LogP contribution is -2.53. The van der Waals surface area contributed by atoms with Gasteiger partial charge < -0.3 is 20.5 Å². The zero-order valence-electron chi connectivity index (χ0n) is 23.6. The monoisotopic (exact) mass is 550 g/mol. The van der Waals surface area contributed by atoms with Gasteiger partial charge in [0.2, 0.25) is 0 Å². The summed E-state index contributed by atoms with van der Waals surface area (Å²) in [7, 11) is 0. The Hall–Kier alpha value is -3.29. The van der Waals surface area contributed by atoms with Crippen LogP contribution in [0, 0.1) is 11.6 Å². The zero-order chi connectivity index (χ0) is 28.8. The minimum Gasteiger partial charge on any atom is -0.410 e. The molecule has 3 aromatic rings. The number of hydrogen-bond donors (Lipinski definition) is 3. The highest BCUT2D eigenvalue weighted by Crippen LogP contribution is 2.38.